The molecular formula is C27H37NO2Si2. The van der Waals surface area contributed by atoms with Crippen LogP contribution >= 0.6 is 0 Å². The molecule has 0 saturated heterocycles. The standard InChI is InChI=1S/C27H37NO2Si2/c1-10-16-11-17-13-18(27(2,3)4)14-20(19(17)12-16)23-21(26(28)29)15-22-24(30-5)25(23)32(8,9)31(22,6)7/h11,13-15H,10,12H2,1-9H3,(H2,28,29). The Labute approximate surface area is 194 Å². The maximum Gasteiger partial charge on any atom is 0.249 e. The fourth-order valence-electron chi connectivity index (χ4n) is 5.46. The summed E-state index contributed by atoms with van der Waals surface area (Å²) in [5.74, 6) is 0.688. The van der Waals surface area contributed by atoms with Crippen molar-refractivity contribution in [3.05, 3.63) is 46.0 Å². The molecule has 2 bridgehead atoms. The number of amides is 1. The molecule has 2 aromatic rings. The summed E-state index contributed by atoms with van der Waals surface area (Å²) in [5, 5.41) is 2.57. The van der Waals surface area contributed by atoms with Crippen LogP contribution in [-0.4, -0.2) is 28.2 Å². The first-order valence-electron chi connectivity index (χ1n) is 11.7. The summed E-state index contributed by atoms with van der Waals surface area (Å²) < 4.78 is 6.07. The first kappa shape index (κ1) is 23.1. The Morgan fingerprint density at radius 2 is 1.75 bits per heavy atom. The number of carbonyl (C=O) groups is 1. The Hall–Kier alpha value is -2.12. The molecule has 0 fully saturated rings. The van der Waals surface area contributed by atoms with Crippen LogP contribution in [0.3, 0.4) is 0 Å². The second kappa shape index (κ2) is 7.19. The summed E-state index contributed by atoms with van der Waals surface area (Å²) in [7, 11) is -1.92. The highest BCUT2D eigenvalue weighted by Crippen LogP contribution is 2.44. The van der Waals surface area contributed by atoms with Crippen molar-refractivity contribution in [2.75, 3.05) is 7.11 Å². The summed E-state index contributed by atoms with van der Waals surface area (Å²) in [6.07, 6.45) is 4.33. The number of fused-ring (bicyclic) bond motifs is 3. The Kier molecular flexibility index (Phi) is 5.18. The zero-order valence-corrected chi connectivity index (χ0v) is 23.1. The van der Waals surface area contributed by atoms with Crippen molar-refractivity contribution in [3.63, 3.8) is 0 Å². The quantitative estimate of drug-likeness (QED) is 0.647. The molecule has 0 spiro atoms. The molecular weight excluding hydrogens is 426 g/mol. The number of methoxy groups -OCH3 is 1. The van der Waals surface area contributed by atoms with E-state index in [2.05, 4.69) is 78.2 Å². The predicted molar refractivity (Wildman–Crippen MR) is 142 cm³/mol. The molecule has 1 heterocycles. The number of rotatable bonds is 4. The maximum atomic E-state index is 12.9. The second-order valence-electron chi connectivity index (χ2n) is 11.5. The van der Waals surface area contributed by atoms with E-state index in [1.165, 1.54) is 38.2 Å². The van der Waals surface area contributed by atoms with Gasteiger partial charge in [-0.2, -0.15) is 0 Å². The van der Waals surface area contributed by atoms with Gasteiger partial charge in [0.05, 0.1) is 22.3 Å². The van der Waals surface area contributed by atoms with Crippen LogP contribution in [0.1, 0.15) is 61.2 Å². The van der Waals surface area contributed by atoms with E-state index in [0.717, 1.165) is 24.2 Å². The smallest absolute Gasteiger partial charge is 0.249 e. The fraction of sp³-hybridized carbons (Fsp3) is 0.444. The van der Waals surface area contributed by atoms with Crippen molar-refractivity contribution in [2.45, 2.75) is 72.1 Å². The largest absolute Gasteiger partial charge is 0.497 e. The summed E-state index contributed by atoms with van der Waals surface area (Å²) >= 11 is 0. The van der Waals surface area contributed by atoms with E-state index in [9.17, 15) is 4.79 Å². The summed E-state index contributed by atoms with van der Waals surface area (Å²) in [5.41, 5.74) is 14.3. The lowest BCUT2D eigenvalue weighted by molar-refractivity contribution is 0.100. The van der Waals surface area contributed by atoms with Gasteiger partial charge in [0.15, 0.2) is 0 Å². The van der Waals surface area contributed by atoms with Crippen LogP contribution in [0.2, 0.25) is 26.2 Å². The number of hydrogen-bond donors (Lipinski definition) is 1. The van der Waals surface area contributed by atoms with Crippen LogP contribution in [0.4, 0.5) is 0 Å². The number of benzene rings is 2. The molecule has 2 N–H and O–H groups in total. The Balaban J connectivity index is 2.16. The summed E-state index contributed by atoms with van der Waals surface area (Å²) in [6.45, 7) is 18.8. The highest BCUT2D eigenvalue weighted by molar-refractivity contribution is 7.52. The van der Waals surface area contributed by atoms with Crippen molar-refractivity contribution in [2.24, 2.45) is 5.73 Å². The molecule has 2 aliphatic rings. The monoisotopic (exact) mass is 463 g/mol. The number of primary amides is 1. The summed E-state index contributed by atoms with van der Waals surface area (Å²) in [4.78, 5) is 12.9. The van der Waals surface area contributed by atoms with Crippen molar-refractivity contribution < 1.29 is 9.53 Å². The number of ether oxygens (including phenoxy) is 1. The number of nitrogens with two attached hydrogens (primary N) is 1. The van der Waals surface area contributed by atoms with E-state index in [1.807, 2.05) is 0 Å². The van der Waals surface area contributed by atoms with E-state index in [1.54, 1.807) is 7.11 Å². The maximum absolute atomic E-state index is 12.9. The first-order valence-corrected chi connectivity index (χ1v) is 18.7. The lowest BCUT2D eigenvalue weighted by Crippen LogP contribution is -2.63. The minimum absolute atomic E-state index is 0.00477. The van der Waals surface area contributed by atoms with Crippen molar-refractivity contribution in [1.29, 1.82) is 0 Å². The molecule has 4 rings (SSSR count). The van der Waals surface area contributed by atoms with Gasteiger partial charge in [-0.1, -0.05) is 77.7 Å². The van der Waals surface area contributed by atoms with Crippen LogP contribution in [0.5, 0.6) is 5.75 Å². The van der Waals surface area contributed by atoms with Gasteiger partial charge in [-0.3, -0.25) is 4.79 Å². The molecule has 0 saturated carbocycles. The van der Waals surface area contributed by atoms with Crippen LogP contribution in [0.15, 0.2) is 23.8 Å². The van der Waals surface area contributed by atoms with E-state index < -0.39 is 15.2 Å². The van der Waals surface area contributed by atoms with E-state index in [4.69, 9.17) is 10.5 Å². The molecule has 170 valence electrons. The van der Waals surface area contributed by atoms with Gasteiger partial charge in [-0.05, 0) is 62.5 Å². The van der Waals surface area contributed by atoms with Gasteiger partial charge >= 0.3 is 0 Å². The van der Waals surface area contributed by atoms with Crippen molar-refractivity contribution in [1.82, 2.24) is 0 Å². The first-order chi connectivity index (χ1) is 14.8. The second-order valence-corrected chi connectivity index (χ2v) is 26.6. The minimum Gasteiger partial charge on any atom is -0.497 e. The predicted octanol–water partition coefficient (Wildman–Crippen LogP) is 5.03. The highest BCUT2D eigenvalue weighted by atomic mass is 29.3. The Morgan fingerprint density at radius 1 is 1.09 bits per heavy atom. The number of hydrogen-bond acceptors (Lipinski definition) is 2. The molecule has 0 aromatic heterocycles. The SMILES string of the molecule is CCC1=Cc2cc(C(C)(C)C)cc(-c3c(C(N)=O)cc4c(OC)c3[Si](C)(C)[Si]4(C)C)c2C1. The molecule has 1 amide bonds. The third-order valence-electron chi connectivity index (χ3n) is 8.25. The van der Waals surface area contributed by atoms with E-state index in [0.29, 0.717) is 5.56 Å². The van der Waals surface area contributed by atoms with Gasteiger partial charge in [0.2, 0.25) is 5.91 Å². The van der Waals surface area contributed by atoms with Gasteiger partial charge in [0.1, 0.15) is 5.75 Å². The highest BCUT2D eigenvalue weighted by Gasteiger charge is 2.55. The lowest BCUT2D eigenvalue weighted by atomic mass is 9.81. The molecule has 5 heteroatoms. The topological polar surface area (TPSA) is 52.3 Å². The van der Waals surface area contributed by atoms with Gasteiger partial charge in [0.25, 0.3) is 0 Å². The molecule has 1 aliphatic carbocycles. The van der Waals surface area contributed by atoms with Gasteiger partial charge in [-0.15, -0.1) is 0 Å². The van der Waals surface area contributed by atoms with Gasteiger partial charge < -0.3 is 10.5 Å². The number of allylic oxidation sites excluding steroid dienone is 1. The Morgan fingerprint density at radius 3 is 2.28 bits per heavy atom. The molecule has 2 aromatic carbocycles. The van der Waals surface area contributed by atoms with Crippen LogP contribution < -0.4 is 20.8 Å². The van der Waals surface area contributed by atoms with Crippen LogP contribution in [-0.2, 0) is 11.8 Å². The Bertz CT molecular complexity index is 1180. The van der Waals surface area contributed by atoms with Gasteiger partial charge in [-0.25, -0.2) is 0 Å². The molecule has 0 radical (unpaired) electrons. The zero-order valence-electron chi connectivity index (χ0n) is 21.1. The third-order valence-corrected chi connectivity index (χ3v) is 25.8. The fourth-order valence-corrected chi connectivity index (χ4v) is 15.1. The lowest BCUT2D eigenvalue weighted by Gasteiger charge is -2.32. The molecule has 0 atom stereocenters. The van der Waals surface area contributed by atoms with Gasteiger partial charge in [0, 0.05) is 5.56 Å². The minimum atomic E-state index is -1.89. The van der Waals surface area contributed by atoms with Crippen LogP contribution in [0, 0.1) is 0 Å². The zero-order chi connectivity index (χ0) is 23.8. The average Bonchev–Trinajstić information content (AvgIpc) is 3.17. The van der Waals surface area contributed by atoms with E-state index >= 15 is 0 Å². The normalized spacial score (nSPS) is 17.8. The van der Waals surface area contributed by atoms with Crippen molar-refractivity contribution in [3.8, 4) is 16.9 Å². The van der Waals surface area contributed by atoms with Crippen LogP contribution in [0.25, 0.3) is 17.2 Å². The van der Waals surface area contributed by atoms with E-state index in [-0.39, 0.29) is 11.3 Å². The van der Waals surface area contributed by atoms with Crippen molar-refractivity contribution >= 4 is 37.5 Å². The average molecular weight is 464 g/mol. The molecule has 3 nitrogen and oxygen atoms in total. The summed E-state index contributed by atoms with van der Waals surface area (Å²) in [6, 6.07) is 6.77. The molecule has 32 heavy (non-hydrogen) atoms. The molecule has 1 aliphatic heterocycles. The third kappa shape index (κ3) is 3.08. The molecule has 0 unspecified atom stereocenters. The number of carbonyl (C=O) groups excluding carboxylic acids is 1.